The molecule has 1 amide bonds. The molecule has 0 unspecified atom stereocenters. The van der Waals surface area contributed by atoms with Gasteiger partial charge in [-0.2, -0.15) is 0 Å². The molecule has 0 aromatic heterocycles. The van der Waals surface area contributed by atoms with Crippen LogP contribution in [-0.4, -0.2) is 34.9 Å². The Balaban J connectivity index is 2.26. The van der Waals surface area contributed by atoms with Crippen LogP contribution in [0, 0.1) is 20.8 Å². The number of carbonyl (C=O) groups is 1. The minimum Gasteiger partial charge on any atom is -0.507 e. The summed E-state index contributed by atoms with van der Waals surface area (Å²) in [5, 5.41) is 23.3. The second kappa shape index (κ2) is 5.81. The van der Waals surface area contributed by atoms with Crippen LogP contribution >= 0.6 is 0 Å². The zero-order valence-electron chi connectivity index (χ0n) is 14.7. The Kier molecular flexibility index (Phi) is 4.08. The fraction of sp³-hybridized carbons (Fsp3) is 0.526. The molecule has 1 heterocycles. The van der Waals surface area contributed by atoms with Crippen LogP contribution < -0.4 is 10.1 Å². The van der Waals surface area contributed by atoms with E-state index in [2.05, 4.69) is 5.32 Å². The van der Waals surface area contributed by atoms with Gasteiger partial charge in [-0.15, -0.1) is 0 Å². The topological polar surface area (TPSA) is 78.8 Å². The van der Waals surface area contributed by atoms with Gasteiger partial charge in [-0.3, -0.25) is 4.79 Å². The van der Waals surface area contributed by atoms with Crippen molar-refractivity contribution < 1.29 is 19.7 Å². The highest BCUT2D eigenvalue weighted by Gasteiger charge is 2.48. The summed E-state index contributed by atoms with van der Waals surface area (Å²) in [7, 11) is 0. The number of hydrogen-bond donors (Lipinski definition) is 3. The average molecular weight is 331 g/mol. The molecule has 1 aliphatic carbocycles. The number of aromatic hydroxyl groups is 1. The molecule has 0 radical (unpaired) electrons. The molecule has 1 spiro atoms. The van der Waals surface area contributed by atoms with E-state index in [9.17, 15) is 15.0 Å². The van der Waals surface area contributed by atoms with Crippen molar-refractivity contribution in [2.24, 2.45) is 0 Å². The van der Waals surface area contributed by atoms with E-state index >= 15 is 0 Å². The van der Waals surface area contributed by atoms with Gasteiger partial charge in [-0.25, -0.2) is 0 Å². The maximum atomic E-state index is 11.4. The quantitative estimate of drug-likeness (QED) is 0.795. The minimum atomic E-state index is -0.462. The molecular weight excluding hydrogens is 306 g/mol. The van der Waals surface area contributed by atoms with Gasteiger partial charge < -0.3 is 20.3 Å². The smallest absolute Gasteiger partial charge is 0.217 e. The molecule has 1 aromatic rings. The summed E-state index contributed by atoms with van der Waals surface area (Å²) in [6.45, 7) is 7.37. The van der Waals surface area contributed by atoms with Gasteiger partial charge in [-0.05, 0) is 56.7 Å². The molecule has 0 bridgehead atoms. The van der Waals surface area contributed by atoms with Crippen molar-refractivity contribution >= 4 is 11.5 Å². The zero-order chi connectivity index (χ0) is 17.6. The van der Waals surface area contributed by atoms with Crippen LogP contribution in [-0.2, 0) is 4.79 Å². The predicted molar refractivity (Wildman–Crippen MR) is 92.2 cm³/mol. The van der Waals surface area contributed by atoms with Crippen LogP contribution in [0.4, 0.5) is 0 Å². The van der Waals surface area contributed by atoms with Crippen LogP contribution in [0.1, 0.15) is 48.4 Å². The normalized spacial score (nSPS) is 18.0. The first-order chi connectivity index (χ1) is 11.3. The van der Waals surface area contributed by atoms with Crippen molar-refractivity contribution in [1.29, 1.82) is 0 Å². The summed E-state index contributed by atoms with van der Waals surface area (Å²) in [6.07, 6.45) is 2.79. The number of aliphatic hydroxyl groups is 1. The minimum absolute atomic E-state index is 0.110. The first kappa shape index (κ1) is 16.8. The van der Waals surface area contributed by atoms with Crippen molar-refractivity contribution in [3.63, 3.8) is 0 Å². The number of carbonyl (C=O) groups excluding carboxylic acids is 1. The van der Waals surface area contributed by atoms with Crippen molar-refractivity contribution in [3.8, 4) is 11.5 Å². The van der Waals surface area contributed by atoms with Gasteiger partial charge >= 0.3 is 0 Å². The summed E-state index contributed by atoms with van der Waals surface area (Å²) in [5.41, 5.74) is 4.52. The first-order valence-corrected chi connectivity index (χ1v) is 8.42. The Hall–Kier alpha value is -2.01. The van der Waals surface area contributed by atoms with Crippen LogP contribution in [0.5, 0.6) is 11.5 Å². The number of hydrogen-bond acceptors (Lipinski definition) is 4. The van der Waals surface area contributed by atoms with E-state index in [1.54, 1.807) is 0 Å². The fourth-order valence-electron chi connectivity index (χ4n) is 3.83. The van der Waals surface area contributed by atoms with E-state index in [1.807, 2.05) is 20.8 Å². The van der Waals surface area contributed by atoms with Gasteiger partial charge in [0.15, 0.2) is 0 Å². The second-order valence-corrected chi connectivity index (χ2v) is 6.90. The Labute approximate surface area is 142 Å². The van der Waals surface area contributed by atoms with Gasteiger partial charge in [0.2, 0.25) is 5.91 Å². The van der Waals surface area contributed by atoms with Gasteiger partial charge in [0.1, 0.15) is 17.1 Å². The highest BCUT2D eigenvalue weighted by atomic mass is 16.5. The van der Waals surface area contributed by atoms with Crippen LogP contribution in [0.2, 0.25) is 0 Å². The van der Waals surface area contributed by atoms with Gasteiger partial charge in [0.05, 0.1) is 6.61 Å². The lowest BCUT2D eigenvalue weighted by Gasteiger charge is -2.48. The van der Waals surface area contributed by atoms with E-state index in [1.165, 1.54) is 6.92 Å². The zero-order valence-corrected chi connectivity index (χ0v) is 14.7. The molecule has 130 valence electrons. The second-order valence-electron chi connectivity index (χ2n) is 6.90. The lowest BCUT2D eigenvalue weighted by molar-refractivity contribution is -0.118. The molecule has 24 heavy (non-hydrogen) atoms. The van der Waals surface area contributed by atoms with Crippen LogP contribution in [0.3, 0.4) is 0 Å². The number of phenols is 1. The third-order valence-electron chi connectivity index (χ3n) is 5.56. The molecule has 1 aliphatic heterocycles. The molecule has 3 N–H and O–H groups in total. The Morgan fingerprint density at radius 2 is 1.88 bits per heavy atom. The molecule has 0 saturated heterocycles. The first-order valence-electron chi connectivity index (χ1n) is 8.42. The molecule has 3 rings (SSSR count). The molecule has 1 saturated carbocycles. The van der Waals surface area contributed by atoms with Crippen molar-refractivity contribution in [2.45, 2.75) is 52.6 Å². The van der Waals surface area contributed by atoms with E-state index in [4.69, 9.17) is 4.74 Å². The Bertz CT molecular complexity index is 744. The summed E-state index contributed by atoms with van der Waals surface area (Å²) < 4.78 is 6.40. The predicted octanol–water partition coefficient (Wildman–Crippen LogP) is 2.51. The number of fused-ring (bicyclic) bond motifs is 1. The number of phenolic OH excluding ortho intramolecular Hbond substituents is 1. The number of aliphatic hydroxyl groups excluding tert-OH is 1. The third kappa shape index (κ3) is 2.30. The lowest BCUT2D eigenvalue weighted by Crippen LogP contribution is -2.49. The number of ether oxygens (including phenoxy) is 1. The molecular formula is C19H25NO4. The van der Waals surface area contributed by atoms with Crippen molar-refractivity contribution in [3.05, 3.63) is 27.8 Å². The summed E-state index contributed by atoms with van der Waals surface area (Å²) in [6, 6.07) is 0. The molecule has 1 fully saturated rings. The Morgan fingerprint density at radius 1 is 1.21 bits per heavy atom. The third-order valence-corrected chi connectivity index (χ3v) is 5.56. The number of rotatable bonds is 3. The van der Waals surface area contributed by atoms with Gasteiger partial charge in [0, 0.05) is 30.2 Å². The number of benzene rings is 1. The fourth-order valence-corrected chi connectivity index (χ4v) is 3.83. The largest absolute Gasteiger partial charge is 0.507 e. The van der Waals surface area contributed by atoms with E-state index in [-0.39, 0.29) is 18.3 Å². The summed E-state index contributed by atoms with van der Waals surface area (Å²) in [4.78, 5) is 11.4. The SMILES string of the molecule is CC(=O)NCC1=C(CO)C2(CCC2)Oc2c(C)c(C)c(O)c(C)c21. The van der Waals surface area contributed by atoms with E-state index in [0.717, 1.165) is 58.4 Å². The Morgan fingerprint density at radius 3 is 2.38 bits per heavy atom. The molecule has 2 aliphatic rings. The molecule has 5 heteroatoms. The number of nitrogens with one attached hydrogen (secondary N) is 1. The van der Waals surface area contributed by atoms with E-state index < -0.39 is 5.60 Å². The maximum Gasteiger partial charge on any atom is 0.217 e. The highest BCUT2D eigenvalue weighted by molar-refractivity contribution is 5.85. The molecule has 0 atom stereocenters. The maximum absolute atomic E-state index is 11.4. The highest BCUT2D eigenvalue weighted by Crippen LogP contribution is 2.53. The standard InChI is InChI=1S/C19H25NO4/c1-10-11(2)18-16(12(3)17(10)23)14(8-20-13(4)22)15(9-21)19(24-18)6-5-7-19/h21,23H,5-9H2,1-4H3,(H,20,22). The monoisotopic (exact) mass is 331 g/mol. The number of amides is 1. The van der Waals surface area contributed by atoms with Gasteiger partial charge in [-0.1, -0.05) is 0 Å². The van der Waals surface area contributed by atoms with Gasteiger partial charge in [0.25, 0.3) is 0 Å². The molecule has 5 nitrogen and oxygen atoms in total. The van der Waals surface area contributed by atoms with Crippen molar-refractivity contribution in [2.75, 3.05) is 13.2 Å². The summed E-state index contributed by atoms with van der Waals surface area (Å²) >= 11 is 0. The van der Waals surface area contributed by atoms with Crippen LogP contribution in [0.25, 0.3) is 5.57 Å². The van der Waals surface area contributed by atoms with Crippen LogP contribution in [0.15, 0.2) is 5.57 Å². The lowest BCUT2D eigenvalue weighted by atomic mass is 9.70. The molecule has 1 aromatic carbocycles. The summed E-state index contributed by atoms with van der Waals surface area (Å²) in [5.74, 6) is 0.901. The average Bonchev–Trinajstić information content (AvgIpc) is 2.52. The van der Waals surface area contributed by atoms with Crippen molar-refractivity contribution in [1.82, 2.24) is 5.32 Å². The van der Waals surface area contributed by atoms with E-state index in [0.29, 0.717) is 6.54 Å².